The van der Waals surface area contributed by atoms with Crippen molar-refractivity contribution < 1.29 is 14.4 Å². The fourth-order valence-corrected chi connectivity index (χ4v) is 4.15. The van der Waals surface area contributed by atoms with Gasteiger partial charge in [0.15, 0.2) is 0 Å². The molecule has 0 bridgehead atoms. The average molecular weight is 444 g/mol. The third-order valence-corrected chi connectivity index (χ3v) is 6.18. The van der Waals surface area contributed by atoms with Crippen LogP contribution in [0.15, 0.2) is 34.9 Å². The van der Waals surface area contributed by atoms with Crippen molar-refractivity contribution in [3.63, 3.8) is 0 Å². The highest BCUT2D eigenvalue weighted by atomic mass is 16.5. The quantitative estimate of drug-likeness (QED) is 0.537. The standard InChI is InChI=1S/C26H41N3O3/c1-19(2)17-31-18-23(30)15-29(20(3)4)16-24-25(22-9-7-6-8-10-22)27-32-26(24)28-13-11-21(5)12-14-28/h6-10,19-21,23,30H,11-18H2,1-5H3. The van der Waals surface area contributed by atoms with Crippen molar-refractivity contribution >= 4 is 5.88 Å². The minimum Gasteiger partial charge on any atom is -0.389 e. The molecule has 0 saturated carbocycles. The zero-order valence-electron chi connectivity index (χ0n) is 20.5. The number of aliphatic hydroxyl groups excluding tert-OH is 1. The Bertz CT molecular complexity index is 798. The summed E-state index contributed by atoms with van der Waals surface area (Å²) in [5.74, 6) is 2.09. The molecule has 1 unspecified atom stereocenters. The molecule has 6 nitrogen and oxygen atoms in total. The summed E-state index contributed by atoms with van der Waals surface area (Å²) in [6.45, 7) is 15.1. The first-order chi connectivity index (χ1) is 15.3. The normalized spacial score (nSPS) is 16.5. The van der Waals surface area contributed by atoms with Gasteiger partial charge in [-0.2, -0.15) is 0 Å². The van der Waals surface area contributed by atoms with Crippen molar-refractivity contribution in [2.45, 2.75) is 66.2 Å². The van der Waals surface area contributed by atoms with E-state index < -0.39 is 6.10 Å². The number of aromatic nitrogens is 1. The zero-order valence-corrected chi connectivity index (χ0v) is 20.5. The van der Waals surface area contributed by atoms with Gasteiger partial charge in [0, 0.05) is 44.4 Å². The van der Waals surface area contributed by atoms with Crippen LogP contribution < -0.4 is 4.90 Å². The maximum atomic E-state index is 10.6. The first-order valence-electron chi connectivity index (χ1n) is 12.1. The molecule has 32 heavy (non-hydrogen) atoms. The van der Waals surface area contributed by atoms with E-state index in [4.69, 9.17) is 9.26 Å². The van der Waals surface area contributed by atoms with Crippen LogP contribution >= 0.6 is 0 Å². The summed E-state index contributed by atoms with van der Waals surface area (Å²) >= 11 is 0. The van der Waals surface area contributed by atoms with Gasteiger partial charge >= 0.3 is 0 Å². The Hall–Kier alpha value is -1.89. The van der Waals surface area contributed by atoms with Crippen molar-refractivity contribution in [1.29, 1.82) is 0 Å². The molecule has 1 aromatic carbocycles. The van der Waals surface area contributed by atoms with Gasteiger partial charge in [-0.15, -0.1) is 0 Å². The van der Waals surface area contributed by atoms with E-state index in [9.17, 15) is 5.11 Å². The van der Waals surface area contributed by atoms with E-state index in [0.29, 0.717) is 32.2 Å². The van der Waals surface area contributed by atoms with Crippen LogP contribution in [0.25, 0.3) is 11.3 Å². The number of nitrogens with zero attached hydrogens (tertiary/aromatic N) is 3. The Morgan fingerprint density at radius 2 is 1.81 bits per heavy atom. The maximum absolute atomic E-state index is 10.6. The van der Waals surface area contributed by atoms with Crippen LogP contribution in [0.1, 0.15) is 53.0 Å². The first-order valence-corrected chi connectivity index (χ1v) is 12.1. The number of piperidine rings is 1. The van der Waals surface area contributed by atoms with Gasteiger partial charge in [-0.3, -0.25) is 4.90 Å². The topological polar surface area (TPSA) is 62.0 Å². The number of rotatable bonds is 11. The van der Waals surface area contributed by atoms with Crippen molar-refractivity contribution in [3.05, 3.63) is 35.9 Å². The summed E-state index contributed by atoms with van der Waals surface area (Å²) in [5.41, 5.74) is 3.07. The summed E-state index contributed by atoms with van der Waals surface area (Å²) < 4.78 is 11.6. The highest BCUT2D eigenvalue weighted by Crippen LogP contribution is 2.34. The Morgan fingerprint density at radius 3 is 2.44 bits per heavy atom. The minimum absolute atomic E-state index is 0.266. The van der Waals surface area contributed by atoms with Crippen molar-refractivity contribution in [1.82, 2.24) is 10.1 Å². The van der Waals surface area contributed by atoms with Gasteiger partial charge in [-0.1, -0.05) is 56.3 Å². The molecule has 1 saturated heterocycles. The second kappa shape index (κ2) is 11.8. The molecule has 2 aromatic rings. The molecule has 1 aliphatic heterocycles. The molecule has 1 atom stereocenters. The van der Waals surface area contributed by atoms with Crippen LogP contribution in [0.4, 0.5) is 5.88 Å². The predicted octanol–water partition coefficient (Wildman–Crippen LogP) is 4.82. The van der Waals surface area contributed by atoms with Crippen LogP contribution in [-0.2, 0) is 11.3 Å². The highest BCUT2D eigenvalue weighted by Gasteiger charge is 2.28. The van der Waals surface area contributed by atoms with E-state index in [1.165, 1.54) is 12.8 Å². The van der Waals surface area contributed by atoms with Gasteiger partial charge in [0.25, 0.3) is 0 Å². The SMILES string of the molecule is CC(C)COCC(O)CN(Cc1c(-c2ccccc2)noc1N1CCC(C)CC1)C(C)C. The van der Waals surface area contributed by atoms with Gasteiger partial charge in [-0.05, 0) is 38.5 Å². The monoisotopic (exact) mass is 443 g/mol. The summed E-state index contributed by atoms with van der Waals surface area (Å²) in [4.78, 5) is 4.63. The van der Waals surface area contributed by atoms with Crippen molar-refractivity contribution in [2.24, 2.45) is 11.8 Å². The Labute approximate surface area is 193 Å². The number of hydrogen-bond donors (Lipinski definition) is 1. The molecule has 0 radical (unpaired) electrons. The maximum Gasteiger partial charge on any atom is 0.232 e. The van der Waals surface area contributed by atoms with E-state index in [0.717, 1.165) is 41.7 Å². The molecule has 1 aliphatic rings. The van der Waals surface area contributed by atoms with Crippen molar-refractivity contribution in [3.8, 4) is 11.3 Å². The van der Waals surface area contributed by atoms with Crippen LogP contribution in [0, 0.1) is 11.8 Å². The number of benzene rings is 1. The van der Waals surface area contributed by atoms with Crippen LogP contribution in [0.5, 0.6) is 0 Å². The lowest BCUT2D eigenvalue weighted by Gasteiger charge is -2.32. The van der Waals surface area contributed by atoms with Crippen LogP contribution in [0.3, 0.4) is 0 Å². The summed E-state index contributed by atoms with van der Waals surface area (Å²) in [7, 11) is 0. The van der Waals surface area contributed by atoms with Gasteiger partial charge in [0.1, 0.15) is 5.69 Å². The van der Waals surface area contributed by atoms with Gasteiger partial charge in [0.05, 0.1) is 18.3 Å². The molecule has 2 heterocycles. The third kappa shape index (κ3) is 6.80. The Kier molecular flexibility index (Phi) is 9.14. The molecule has 0 spiro atoms. The largest absolute Gasteiger partial charge is 0.389 e. The average Bonchev–Trinajstić information content (AvgIpc) is 3.17. The number of hydrogen-bond acceptors (Lipinski definition) is 6. The molecule has 0 amide bonds. The second-order valence-corrected chi connectivity index (χ2v) is 9.96. The van der Waals surface area contributed by atoms with Gasteiger partial charge in [-0.25, -0.2) is 0 Å². The summed E-state index contributed by atoms with van der Waals surface area (Å²) in [6.07, 6.45) is 1.80. The van der Waals surface area contributed by atoms with Crippen molar-refractivity contribution in [2.75, 3.05) is 37.7 Å². The molecule has 1 N–H and O–H groups in total. The molecule has 178 valence electrons. The van der Waals surface area contributed by atoms with E-state index in [1.807, 2.05) is 18.2 Å². The van der Waals surface area contributed by atoms with Crippen LogP contribution in [-0.4, -0.2) is 60.2 Å². The fourth-order valence-electron chi connectivity index (χ4n) is 4.15. The minimum atomic E-state index is -0.532. The Balaban J connectivity index is 1.81. The fraction of sp³-hybridized carbons (Fsp3) is 0.654. The van der Waals surface area contributed by atoms with E-state index >= 15 is 0 Å². The smallest absolute Gasteiger partial charge is 0.232 e. The van der Waals surface area contributed by atoms with E-state index in [1.54, 1.807) is 0 Å². The lowest BCUT2D eigenvalue weighted by molar-refractivity contribution is 0.00176. The number of aliphatic hydroxyl groups is 1. The lowest BCUT2D eigenvalue weighted by atomic mass is 9.98. The third-order valence-electron chi connectivity index (χ3n) is 6.18. The summed E-state index contributed by atoms with van der Waals surface area (Å²) in [6, 6.07) is 10.5. The molecule has 1 fully saturated rings. The lowest BCUT2D eigenvalue weighted by Crippen LogP contribution is -2.39. The Morgan fingerprint density at radius 1 is 1.12 bits per heavy atom. The molecule has 1 aromatic heterocycles. The highest BCUT2D eigenvalue weighted by molar-refractivity contribution is 5.68. The zero-order chi connectivity index (χ0) is 23.1. The number of ether oxygens (including phenoxy) is 1. The molecular formula is C26H41N3O3. The number of anilines is 1. The second-order valence-electron chi connectivity index (χ2n) is 9.96. The van der Waals surface area contributed by atoms with E-state index in [2.05, 4.69) is 61.7 Å². The summed E-state index contributed by atoms with van der Waals surface area (Å²) in [5, 5.41) is 15.1. The molecule has 6 heteroatoms. The van der Waals surface area contributed by atoms with E-state index in [-0.39, 0.29) is 6.04 Å². The van der Waals surface area contributed by atoms with Gasteiger partial charge in [0.2, 0.25) is 5.88 Å². The van der Waals surface area contributed by atoms with Crippen LogP contribution in [0.2, 0.25) is 0 Å². The molecule has 3 rings (SSSR count). The molecular weight excluding hydrogens is 402 g/mol. The van der Waals surface area contributed by atoms with Gasteiger partial charge < -0.3 is 19.3 Å². The molecule has 0 aliphatic carbocycles. The first kappa shape index (κ1) is 24.7. The predicted molar refractivity (Wildman–Crippen MR) is 130 cm³/mol.